The summed E-state index contributed by atoms with van der Waals surface area (Å²) in [6, 6.07) is 0. The van der Waals surface area contributed by atoms with E-state index in [0.29, 0.717) is 0 Å². The van der Waals surface area contributed by atoms with Gasteiger partial charge in [0.05, 0.1) is 0 Å². The summed E-state index contributed by atoms with van der Waals surface area (Å²) in [6.07, 6.45) is 0. The van der Waals surface area contributed by atoms with Crippen LogP contribution >= 0.6 is 0 Å². The molecule has 0 atom stereocenters. The van der Waals surface area contributed by atoms with Gasteiger partial charge in [0.1, 0.15) is 0 Å². The molecule has 18 heavy (non-hydrogen) atoms. The Morgan fingerprint density at radius 1 is 0.444 bits per heavy atom. The molecule has 0 radical (unpaired) electrons. The summed E-state index contributed by atoms with van der Waals surface area (Å²) in [5.74, 6) is 0. The molecule has 0 aliphatic heterocycles. The Bertz CT molecular complexity index is 164. The molecule has 0 N–H and O–H groups in total. The van der Waals surface area contributed by atoms with Crippen molar-refractivity contribution in [2.75, 3.05) is 0 Å². The van der Waals surface area contributed by atoms with Crippen molar-refractivity contribution < 1.29 is 114 Å². The molecule has 0 saturated heterocycles. The summed E-state index contributed by atoms with van der Waals surface area (Å²) in [5.41, 5.74) is 0. The zero-order valence-corrected chi connectivity index (χ0v) is 18.8. The zero-order chi connectivity index (χ0) is 14.3. The van der Waals surface area contributed by atoms with Crippen molar-refractivity contribution in [1.29, 1.82) is 0 Å². The Morgan fingerprint density at radius 3 is 0.444 bits per heavy atom. The summed E-state index contributed by atoms with van der Waals surface area (Å²) in [4.78, 5) is 68.1. The minimum Gasteiger partial charge on any atom is -0.672 e. The van der Waals surface area contributed by atoms with Crippen LogP contribution in [-0.4, -0.2) is 36.7 Å². The smallest absolute Gasteiger partial charge is 0.672 e. The van der Waals surface area contributed by atoms with Gasteiger partial charge in [0.2, 0.25) is 0 Å². The minimum atomic E-state index is -3.63. The van der Waals surface area contributed by atoms with Crippen molar-refractivity contribution in [2.45, 2.75) is 0 Å². The molecule has 96 valence electrons. The van der Waals surface area contributed by atoms with Gasteiger partial charge >= 0.3 is 58.0 Å². The van der Waals surface area contributed by atoms with Gasteiger partial charge in [-0.1, -0.05) is 0 Å². The molecule has 0 fully saturated rings. The first-order valence-corrected chi connectivity index (χ1v) is 7.35. The molecule has 0 aliphatic carbocycles. The molecule has 0 spiro atoms. The maximum Gasteiger partial charge on any atom is 5.00 e. The molecular weight excluding hydrogens is 624 g/mol. The van der Waals surface area contributed by atoms with Crippen molar-refractivity contribution in [3.63, 3.8) is 0 Å². The van der Waals surface area contributed by atoms with Crippen LogP contribution in [0.25, 0.3) is 0 Å². The van der Waals surface area contributed by atoms with E-state index in [4.69, 9.17) is 56.2 Å². The second-order valence-corrected chi connectivity index (χ2v) is 3.00. The maximum absolute atomic E-state index is 8.52. The van der Waals surface area contributed by atoms with Gasteiger partial charge in [-0.15, -0.1) is 0 Å². The van der Waals surface area contributed by atoms with Gasteiger partial charge in [-0.05, 0) is 0 Å². The molecule has 12 nitrogen and oxygen atoms in total. The normalized spacial score (nSPS) is 5.33. The number of hydrogen-bond acceptors (Lipinski definition) is 12. The van der Waals surface area contributed by atoms with E-state index in [0.717, 1.165) is 0 Å². The van der Waals surface area contributed by atoms with Gasteiger partial charge in [0.15, 0.2) is 0 Å². The first kappa shape index (κ1) is 36.2. The van der Waals surface area contributed by atoms with E-state index in [1.54, 1.807) is 0 Å². The van der Waals surface area contributed by atoms with Crippen LogP contribution in [0.3, 0.4) is 0 Å². The average molecular weight is 624 g/mol. The first-order chi connectivity index (χ1) is 6.93. The van der Waals surface area contributed by atoms with E-state index in [9.17, 15) is 0 Å². The molecule has 0 aliphatic rings. The quantitative estimate of drug-likeness (QED) is 0.228. The molecule has 0 amide bonds. The molecule has 0 aromatic rings. The van der Waals surface area contributed by atoms with E-state index < -0.39 is 36.7 Å². The van der Waals surface area contributed by atoms with Crippen LogP contribution in [0.2, 0.25) is 0 Å². The molecule has 0 bridgehead atoms. The maximum atomic E-state index is 8.52. The summed E-state index contributed by atoms with van der Waals surface area (Å²) in [6.45, 7) is 0. The van der Waals surface area contributed by atoms with Crippen LogP contribution < -0.4 is 38.4 Å². The van der Waals surface area contributed by atoms with Gasteiger partial charge in [-0.25, -0.2) is 0 Å². The van der Waals surface area contributed by atoms with Crippen molar-refractivity contribution in [3.8, 4) is 0 Å². The summed E-state index contributed by atoms with van der Waals surface area (Å²) >= 11 is 0. The average Bonchev–Trinajstić information content (AvgIpc) is 1.76. The van der Waals surface area contributed by atoms with Gasteiger partial charge in [-0.3, -0.25) is 0 Å². The summed E-state index contributed by atoms with van der Waals surface area (Å²) in [7, 11) is -14.5. The van der Waals surface area contributed by atoms with Crippen molar-refractivity contribution in [2.24, 2.45) is 0 Å². The largest absolute Gasteiger partial charge is 5.00 e. The van der Waals surface area contributed by atoms with Crippen LogP contribution in [0, 0.1) is 35.6 Å². The Kier molecular flexibility index (Phi) is 61.3. The first-order valence-electron chi connectivity index (χ1n) is 2.45. The molecule has 0 rings (SSSR count). The zero-order valence-electron chi connectivity index (χ0n) is 7.92. The SMILES string of the molecule is O=[Si]([O-])[O-].O=[Si]([O-])[O-].O=[Si]([O-])[O-].O=[Si]([O-])[O-].[La+3].[Ta+5]. The fraction of sp³-hybridized carbons (Fsp3) is 0. The van der Waals surface area contributed by atoms with Gasteiger partial charge in [-0.2, -0.15) is 0 Å². The number of hydrogen-bond donors (Lipinski definition) is 0. The van der Waals surface area contributed by atoms with E-state index >= 15 is 0 Å². The van der Waals surface area contributed by atoms with Crippen LogP contribution in [0.4, 0.5) is 0 Å². The summed E-state index contributed by atoms with van der Waals surface area (Å²) in [5, 5.41) is 0. The van der Waals surface area contributed by atoms with Crippen LogP contribution in [0.5, 0.6) is 0 Å². The molecule has 0 saturated carbocycles. The van der Waals surface area contributed by atoms with E-state index in [1.807, 2.05) is 0 Å². The third kappa shape index (κ3) is 24000. The van der Waals surface area contributed by atoms with Gasteiger partial charge in [0.25, 0.3) is 0 Å². The Balaban J connectivity index is -0.0000000257. The molecule has 0 unspecified atom stereocenters. The Hall–Kier alpha value is 0.403. The van der Waals surface area contributed by atoms with Crippen LogP contribution in [0.15, 0.2) is 0 Å². The molecule has 0 aromatic heterocycles. The minimum absolute atomic E-state index is 0. The third-order valence-electron chi connectivity index (χ3n) is 0. The van der Waals surface area contributed by atoms with Crippen molar-refractivity contribution >= 4 is 36.7 Å². The monoisotopic (exact) mass is 624 g/mol. The molecular formula is LaO12Si4Ta. The predicted octanol–water partition coefficient (Wildman–Crippen LogP) is -11.5. The standard InChI is InChI=1S/La.4O3Si.Ta/c;4*1-4(2)3;/q+3;4*-2;+5. The fourth-order valence-corrected chi connectivity index (χ4v) is 0. The summed E-state index contributed by atoms with van der Waals surface area (Å²) < 4.78 is 34.1. The van der Waals surface area contributed by atoms with Crippen LogP contribution in [0.1, 0.15) is 0 Å². The van der Waals surface area contributed by atoms with Gasteiger partial charge < -0.3 is 56.2 Å². The van der Waals surface area contributed by atoms with Crippen molar-refractivity contribution in [3.05, 3.63) is 0 Å². The van der Waals surface area contributed by atoms with E-state index in [2.05, 4.69) is 0 Å². The number of rotatable bonds is 0. The molecule has 18 heteroatoms. The topological polar surface area (TPSA) is 253 Å². The second kappa shape index (κ2) is 30.4. The van der Waals surface area contributed by atoms with E-state index in [-0.39, 0.29) is 58.0 Å². The molecule has 0 heterocycles. The Labute approximate surface area is 149 Å². The van der Waals surface area contributed by atoms with Crippen molar-refractivity contribution in [1.82, 2.24) is 0 Å². The van der Waals surface area contributed by atoms with Crippen LogP contribution in [-0.2, 0) is 40.2 Å². The molecule has 0 aromatic carbocycles. The second-order valence-electron chi connectivity index (χ2n) is 1.00. The predicted molar refractivity (Wildman–Crippen MR) is 25.8 cm³/mol. The Morgan fingerprint density at radius 2 is 0.444 bits per heavy atom. The third-order valence-corrected chi connectivity index (χ3v) is 0. The fourth-order valence-electron chi connectivity index (χ4n) is 0. The van der Waals surface area contributed by atoms with E-state index in [1.165, 1.54) is 0 Å². The van der Waals surface area contributed by atoms with Gasteiger partial charge in [0, 0.05) is 36.7 Å².